The number of carbonyl (C=O) groups is 2. The van der Waals surface area contributed by atoms with Crippen LogP contribution >= 0.6 is 27.5 Å². The maximum absolute atomic E-state index is 13.4. The smallest absolute Gasteiger partial charge is 0.258 e. The minimum Gasteiger partial charge on any atom is -0.321 e. The van der Waals surface area contributed by atoms with Gasteiger partial charge in [0.25, 0.3) is 11.8 Å². The first-order valence-corrected chi connectivity index (χ1v) is 8.89. The Morgan fingerprint density at radius 2 is 1.70 bits per heavy atom. The number of halogens is 3. The molecule has 1 heterocycles. The van der Waals surface area contributed by atoms with Crippen LogP contribution in [0.25, 0.3) is 0 Å². The number of amides is 2. The predicted octanol–water partition coefficient (Wildman–Crippen LogP) is 5.14. The topological polar surface area (TPSA) is 71.1 Å². The molecule has 0 atom stereocenters. The van der Waals surface area contributed by atoms with Crippen molar-refractivity contribution in [3.63, 3.8) is 0 Å². The number of aromatic nitrogens is 1. The summed E-state index contributed by atoms with van der Waals surface area (Å²) in [6, 6.07) is 13.4. The molecule has 0 bridgehead atoms. The lowest BCUT2D eigenvalue weighted by Crippen LogP contribution is -2.19. The molecule has 3 rings (SSSR count). The van der Waals surface area contributed by atoms with E-state index in [1.165, 1.54) is 18.3 Å². The first kappa shape index (κ1) is 19.0. The summed E-state index contributed by atoms with van der Waals surface area (Å²) in [5, 5.41) is 5.71. The summed E-state index contributed by atoms with van der Waals surface area (Å²) in [6.07, 6.45) is 1.41. The normalized spacial score (nSPS) is 10.3. The molecule has 0 radical (unpaired) electrons. The SMILES string of the molecule is O=C(Nc1ccccc1C(=O)Nc1ccc(Cl)cn1)c1cc(F)ccc1Br. The summed E-state index contributed by atoms with van der Waals surface area (Å²) in [7, 11) is 0. The molecule has 136 valence electrons. The Bertz CT molecular complexity index is 1010. The van der Waals surface area contributed by atoms with E-state index in [9.17, 15) is 14.0 Å². The van der Waals surface area contributed by atoms with E-state index in [2.05, 4.69) is 31.5 Å². The van der Waals surface area contributed by atoms with E-state index in [-0.39, 0.29) is 16.8 Å². The Morgan fingerprint density at radius 1 is 0.963 bits per heavy atom. The van der Waals surface area contributed by atoms with Crippen molar-refractivity contribution in [2.75, 3.05) is 10.6 Å². The van der Waals surface area contributed by atoms with Crippen LogP contribution in [-0.4, -0.2) is 16.8 Å². The van der Waals surface area contributed by atoms with Crippen LogP contribution in [0, 0.1) is 5.82 Å². The molecule has 0 fully saturated rings. The second kappa shape index (κ2) is 8.28. The number of nitrogens with zero attached hydrogens (tertiary/aromatic N) is 1. The largest absolute Gasteiger partial charge is 0.321 e. The van der Waals surface area contributed by atoms with Crippen LogP contribution in [0.1, 0.15) is 20.7 Å². The van der Waals surface area contributed by atoms with Gasteiger partial charge in [0, 0.05) is 10.7 Å². The minimum atomic E-state index is -0.550. The maximum atomic E-state index is 13.4. The third-order valence-corrected chi connectivity index (χ3v) is 4.48. The van der Waals surface area contributed by atoms with Crippen molar-refractivity contribution in [2.24, 2.45) is 0 Å². The molecule has 2 N–H and O–H groups in total. The molecule has 2 amide bonds. The summed E-state index contributed by atoms with van der Waals surface area (Å²) in [6.45, 7) is 0. The molecular weight excluding hydrogens is 437 g/mol. The summed E-state index contributed by atoms with van der Waals surface area (Å²) in [4.78, 5) is 29.0. The molecule has 0 aliphatic heterocycles. The Balaban J connectivity index is 1.83. The average molecular weight is 449 g/mol. The molecule has 5 nitrogen and oxygen atoms in total. The van der Waals surface area contributed by atoms with Crippen molar-refractivity contribution in [3.8, 4) is 0 Å². The van der Waals surface area contributed by atoms with Crippen LogP contribution in [-0.2, 0) is 0 Å². The van der Waals surface area contributed by atoms with Crippen LogP contribution in [0.15, 0.2) is 65.3 Å². The highest BCUT2D eigenvalue weighted by atomic mass is 79.9. The van der Waals surface area contributed by atoms with Gasteiger partial charge >= 0.3 is 0 Å². The molecule has 2 aromatic carbocycles. The number of hydrogen-bond acceptors (Lipinski definition) is 3. The molecule has 0 saturated heterocycles. The van der Waals surface area contributed by atoms with Crippen molar-refractivity contribution < 1.29 is 14.0 Å². The fourth-order valence-corrected chi connectivity index (χ4v) is 2.82. The van der Waals surface area contributed by atoms with Gasteiger partial charge in [-0.2, -0.15) is 0 Å². The van der Waals surface area contributed by atoms with Crippen molar-refractivity contribution in [1.29, 1.82) is 0 Å². The van der Waals surface area contributed by atoms with E-state index < -0.39 is 17.6 Å². The third kappa shape index (κ3) is 4.69. The van der Waals surface area contributed by atoms with Gasteiger partial charge in [0.2, 0.25) is 0 Å². The Morgan fingerprint density at radius 3 is 2.44 bits per heavy atom. The van der Waals surface area contributed by atoms with Crippen LogP contribution < -0.4 is 10.6 Å². The molecular formula is C19H12BrClFN3O2. The number of benzene rings is 2. The van der Waals surface area contributed by atoms with Gasteiger partial charge in [0.1, 0.15) is 11.6 Å². The zero-order valence-corrected chi connectivity index (χ0v) is 16.0. The first-order chi connectivity index (χ1) is 12.9. The summed E-state index contributed by atoms with van der Waals surface area (Å²) in [5.74, 6) is -1.23. The molecule has 8 heteroatoms. The van der Waals surface area contributed by atoms with Gasteiger partial charge in [-0.25, -0.2) is 9.37 Å². The number of carbonyl (C=O) groups excluding carboxylic acids is 2. The van der Waals surface area contributed by atoms with Crippen LogP contribution in [0.5, 0.6) is 0 Å². The summed E-state index contributed by atoms with van der Waals surface area (Å²) >= 11 is 8.99. The lowest BCUT2D eigenvalue weighted by atomic mass is 10.1. The van der Waals surface area contributed by atoms with Crippen LogP contribution in [0.2, 0.25) is 5.02 Å². The number of rotatable bonds is 4. The average Bonchev–Trinajstić information content (AvgIpc) is 2.66. The molecule has 0 unspecified atom stereocenters. The highest BCUT2D eigenvalue weighted by Crippen LogP contribution is 2.22. The summed E-state index contributed by atoms with van der Waals surface area (Å²) < 4.78 is 13.9. The minimum absolute atomic E-state index is 0.115. The molecule has 27 heavy (non-hydrogen) atoms. The second-order valence-electron chi connectivity index (χ2n) is 5.44. The van der Waals surface area contributed by atoms with E-state index in [0.717, 1.165) is 6.07 Å². The Labute approximate surface area is 167 Å². The number of nitrogens with one attached hydrogen (secondary N) is 2. The van der Waals surface area contributed by atoms with E-state index >= 15 is 0 Å². The second-order valence-corrected chi connectivity index (χ2v) is 6.73. The van der Waals surface area contributed by atoms with Gasteiger partial charge < -0.3 is 10.6 Å². The quantitative estimate of drug-likeness (QED) is 0.580. The fraction of sp³-hybridized carbons (Fsp3) is 0. The van der Waals surface area contributed by atoms with Crippen molar-refractivity contribution in [1.82, 2.24) is 4.98 Å². The third-order valence-electron chi connectivity index (χ3n) is 3.56. The van der Waals surface area contributed by atoms with E-state index in [0.29, 0.717) is 15.3 Å². The molecule has 0 aliphatic carbocycles. The van der Waals surface area contributed by atoms with Gasteiger partial charge in [0.15, 0.2) is 0 Å². The van der Waals surface area contributed by atoms with Gasteiger partial charge in [-0.15, -0.1) is 0 Å². The summed E-state index contributed by atoms with van der Waals surface area (Å²) in [5.41, 5.74) is 0.629. The monoisotopic (exact) mass is 447 g/mol. The van der Waals surface area contributed by atoms with Crippen molar-refractivity contribution in [2.45, 2.75) is 0 Å². The van der Waals surface area contributed by atoms with Crippen LogP contribution in [0.4, 0.5) is 15.9 Å². The predicted molar refractivity (Wildman–Crippen MR) is 106 cm³/mol. The Kier molecular flexibility index (Phi) is 5.83. The number of anilines is 2. The van der Waals surface area contributed by atoms with Gasteiger partial charge in [-0.1, -0.05) is 23.7 Å². The van der Waals surface area contributed by atoms with Gasteiger partial charge in [-0.3, -0.25) is 9.59 Å². The van der Waals surface area contributed by atoms with E-state index in [1.54, 1.807) is 36.4 Å². The van der Waals surface area contributed by atoms with E-state index in [4.69, 9.17) is 11.6 Å². The number of hydrogen-bond donors (Lipinski definition) is 2. The lowest BCUT2D eigenvalue weighted by Gasteiger charge is -2.12. The zero-order valence-electron chi connectivity index (χ0n) is 13.7. The highest BCUT2D eigenvalue weighted by Gasteiger charge is 2.16. The standard InChI is InChI=1S/C19H12BrClFN3O2/c20-15-7-6-12(22)9-14(15)19(27)24-16-4-2-1-3-13(16)18(26)25-17-8-5-11(21)10-23-17/h1-10H,(H,24,27)(H,23,25,26). The molecule has 0 saturated carbocycles. The fourth-order valence-electron chi connectivity index (χ4n) is 2.28. The zero-order chi connectivity index (χ0) is 19.4. The van der Waals surface area contributed by atoms with Gasteiger partial charge in [0.05, 0.1) is 21.8 Å². The first-order valence-electron chi connectivity index (χ1n) is 7.72. The van der Waals surface area contributed by atoms with Crippen molar-refractivity contribution >= 4 is 50.9 Å². The van der Waals surface area contributed by atoms with Crippen molar-refractivity contribution in [3.05, 3.63) is 87.2 Å². The lowest BCUT2D eigenvalue weighted by molar-refractivity contribution is 0.102. The van der Waals surface area contributed by atoms with Crippen LogP contribution in [0.3, 0.4) is 0 Å². The number of para-hydroxylation sites is 1. The molecule has 0 aliphatic rings. The molecule has 3 aromatic rings. The maximum Gasteiger partial charge on any atom is 0.258 e. The Hall–Kier alpha value is -2.77. The highest BCUT2D eigenvalue weighted by molar-refractivity contribution is 9.10. The van der Waals surface area contributed by atoms with E-state index in [1.807, 2.05) is 0 Å². The molecule has 1 aromatic heterocycles. The van der Waals surface area contributed by atoms with Gasteiger partial charge in [-0.05, 0) is 58.4 Å². The number of pyridine rings is 1. The molecule has 0 spiro atoms.